The van der Waals surface area contributed by atoms with Crippen molar-refractivity contribution in [1.29, 1.82) is 0 Å². The highest BCUT2D eigenvalue weighted by atomic mass is 35.5. The fourth-order valence-corrected chi connectivity index (χ4v) is 2.78. The van der Waals surface area contributed by atoms with E-state index in [-0.39, 0.29) is 0 Å². The van der Waals surface area contributed by atoms with Crippen LogP contribution >= 0.6 is 11.6 Å². The molecule has 0 bridgehead atoms. The van der Waals surface area contributed by atoms with Crippen LogP contribution in [-0.2, 0) is 0 Å². The molecule has 2 nitrogen and oxygen atoms in total. The molecule has 0 saturated carbocycles. The van der Waals surface area contributed by atoms with Crippen molar-refractivity contribution in [2.24, 2.45) is 0 Å². The SMILES string of the molecule is COc1cc(OC)c(-c2ccc(Cl)cc2)cc1C=Cc1ccccc1. The largest absolute Gasteiger partial charge is 0.496 e. The molecular formula is C22H19ClO2. The molecule has 3 rings (SSSR count). The molecule has 0 spiro atoms. The third-order valence-electron chi connectivity index (χ3n) is 3.96. The predicted molar refractivity (Wildman–Crippen MR) is 105 cm³/mol. The minimum atomic E-state index is 0.709. The number of halogens is 1. The van der Waals surface area contributed by atoms with Gasteiger partial charge in [0.15, 0.2) is 0 Å². The smallest absolute Gasteiger partial charge is 0.130 e. The molecule has 0 radical (unpaired) electrons. The monoisotopic (exact) mass is 350 g/mol. The van der Waals surface area contributed by atoms with Crippen molar-refractivity contribution < 1.29 is 9.47 Å². The van der Waals surface area contributed by atoms with Gasteiger partial charge in [-0.15, -0.1) is 0 Å². The van der Waals surface area contributed by atoms with Crippen LogP contribution < -0.4 is 9.47 Å². The third-order valence-corrected chi connectivity index (χ3v) is 4.21. The summed E-state index contributed by atoms with van der Waals surface area (Å²) >= 11 is 6.01. The van der Waals surface area contributed by atoms with Crippen LogP contribution in [0.5, 0.6) is 11.5 Å². The van der Waals surface area contributed by atoms with Crippen molar-refractivity contribution in [3.63, 3.8) is 0 Å². The van der Waals surface area contributed by atoms with Crippen molar-refractivity contribution in [2.75, 3.05) is 14.2 Å². The van der Waals surface area contributed by atoms with E-state index in [0.29, 0.717) is 5.02 Å². The lowest BCUT2D eigenvalue weighted by Gasteiger charge is -2.13. The molecule has 0 amide bonds. The molecule has 25 heavy (non-hydrogen) atoms. The number of ether oxygens (including phenoxy) is 2. The van der Waals surface area contributed by atoms with Gasteiger partial charge in [-0.2, -0.15) is 0 Å². The van der Waals surface area contributed by atoms with Gasteiger partial charge in [0, 0.05) is 22.2 Å². The van der Waals surface area contributed by atoms with Crippen LogP contribution in [0.3, 0.4) is 0 Å². The molecule has 0 aliphatic carbocycles. The van der Waals surface area contributed by atoms with Crippen LogP contribution in [0, 0.1) is 0 Å². The zero-order chi connectivity index (χ0) is 17.6. The summed E-state index contributed by atoms with van der Waals surface area (Å²) in [5.41, 5.74) is 4.15. The number of hydrogen-bond acceptors (Lipinski definition) is 2. The summed E-state index contributed by atoms with van der Waals surface area (Å²) in [5.74, 6) is 1.53. The first-order valence-electron chi connectivity index (χ1n) is 7.96. The Morgan fingerprint density at radius 3 is 2.08 bits per heavy atom. The highest BCUT2D eigenvalue weighted by molar-refractivity contribution is 6.30. The van der Waals surface area contributed by atoms with Crippen molar-refractivity contribution in [2.45, 2.75) is 0 Å². The van der Waals surface area contributed by atoms with Gasteiger partial charge in [0.25, 0.3) is 0 Å². The molecule has 0 unspecified atom stereocenters. The Balaban J connectivity index is 2.06. The molecule has 0 atom stereocenters. The lowest BCUT2D eigenvalue weighted by molar-refractivity contribution is 0.395. The fourth-order valence-electron chi connectivity index (χ4n) is 2.66. The Morgan fingerprint density at radius 2 is 1.44 bits per heavy atom. The molecule has 3 heteroatoms. The zero-order valence-electron chi connectivity index (χ0n) is 14.2. The zero-order valence-corrected chi connectivity index (χ0v) is 15.0. The number of hydrogen-bond donors (Lipinski definition) is 0. The van der Waals surface area contributed by atoms with Gasteiger partial charge in [0.1, 0.15) is 11.5 Å². The van der Waals surface area contributed by atoms with Gasteiger partial charge in [-0.3, -0.25) is 0 Å². The summed E-state index contributed by atoms with van der Waals surface area (Å²) in [4.78, 5) is 0. The topological polar surface area (TPSA) is 18.5 Å². The van der Waals surface area contributed by atoms with E-state index >= 15 is 0 Å². The lowest BCUT2D eigenvalue weighted by Crippen LogP contribution is -1.93. The van der Waals surface area contributed by atoms with E-state index in [0.717, 1.165) is 33.8 Å². The Hall–Kier alpha value is -2.71. The summed E-state index contributed by atoms with van der Waals surface area (Å²) in [5, 5.41) is 0.709. The minimum Gasteiger partial charge on any atom is -0.496 e. The first-order valence-corrected chi connectivity index (χ1v) is 8.34. The fraction of sp³-hybridized carbons (Fsp3) is 0.0909. The van der Waals surface area contributed by atoms with E-state index in [1.807, 2.05) is 54.6 Å². The van der Waals surface area contributed by atoms with Crippen LogP contribution in [0.1, 0.15) is 11.1 Å². The quantitative estimate of drug-likeness (QED) is 0.510. The van der Waals surface area contributed by atoms with Crippen LogP contribution in [0.2, 0.25) is 5.02 Å². The average Bonchev–Trinajstić information content (AvgIpc) is 2.67. The normalized spacial score (nSPS) is 10.8. The lowest BCUT2D eigenvalue weighted by atomic mass is 10.0. The Labute approximate surface area is 153 Å². The van der Waals surface area contributed by atoms with E-state index in [9.17, 15) is 0 Å². The predicted octanol–water partition coefficient (Wildman–Crippen LogP) is 6.19. The maximum Gasteiger partial charge on any atom is 0.130 e. The van der Waals surface area contributed by atoms with Crippen LogP contribution in [0.25, 0.3) is 23.3 Å². The van der Waals surface area contributed by atoms with Gasteiger partial charge in [0.2, 0.25) is 0 Å². The van der Waals surface area contributed by atoms with E-state index in [1.165, 1.54) is 0 Å². The van der Waals surface area contributed by atoms with Gasteiger partial charge >= 0.3 is 0 Å². The molecule has 126 valence electrons. The van der Waals surface area contributed by atoms with Crippen LogP contribution in [-0.4, -0.2) is 14.2 Å². The number of methoxy groups -OCH3 is 2. The molecule has 3 aromatic carbocycles. The summed E-state index contributed by atoms with van der Waals surface area (Å²) in [6.45, 7) is 0. The molecule has 0 aliphatic rings. The second kappa shape index (κ2) is 7.91. The molecule has 0 heterocycles. The van der Waals surface area contributed by atoms with Crippen molar-refractivity contribution in [3.8, 4) is 22.6 Å². The summed E-state index contributed by atoms with van der Waals surface area (Å²) in [7, 11) is 3.32. The molecule has 0 fully saturated rings. The standard InChI is InChI=1S/C22H19ClO2/c1-24-21-15-22(25-2)20(17-10-12-19(23)13-11-17)14-18(21)9-8-16-6-4-3-5-7-16/h3-15H,1-2H3. The molecular weight excluding hydrogens is 332 g/mol. The Kier molecular flexibility index (Phi) is 5.42. The highest BCUT2D eigenvalue weighted by Crippen LogP contribution is 2.37. The van der Waals surface area contributed by atoms with Crippen molar-refractivity contribution >= 4 is 23.8 Å². The molecule has 0 N–H and O–H groups in total. The van der Waals surface area contributed by atoms with Crippen molar-refractivity contribution in [3.05, 3.63) is 82.9 Å². The van der Waals surface area contributed by atoms with Gasteiger partial charge in [0.05, 0.1) is 14.2 Å². The summed E-state index contributed by atoms with van der Waals surface area (Å²) in [6.07, 6.45) is 4.11. The maximum atomic E-state index is 6.01. The average molecular weight is 351 g/mol. The maximum absolute atomic E-state index is 6.01. The van der Waals surface area contributed by atoms with E-state index in [1.54, 1.807) is 14.2 Å². The number of rotatable bonds is 5. The first-order chi connectivity index (χ1) is 12.2. The van der Waals surface area contributed by atoms with Gasteiger partial charge in [-0.1, -0.05) is 66.2 Å². The Morgan fingerprint density at radius 1 is 0.760 bits per heavy atom. The van der Waals surface area contributed by atoms with E-state index in [2.05, 4.69) is 24.3 Å². The van der Waals surface area contributed by atoms with E-state index in [4.69, 9.17) is 21.1 Å². The second-order valence-corrected chi connectivity index (χ2v) is 5.98. The Bertz CT molecular complexity index is 869. The molecule has 0 aromatic heterocycles. The summed E-state index contributed by atoms with van der Waals surface area (Å²) < 4.78 is 11.1. The van der Waals surface area contributed by atoms with Crippen molar-refractivity contribution in [1.82, 2.24) is 0 Å². The molecule has 0 aliphatic heterocycles. The molecule has 0 saturated heterocycles. The van der Waals surface area contributed by atoms with Crippen LogP contribution in [0.15, 0.2) is 66.7 Å². The van der Waals surface area contributed by atoms with E-state index < -0.39 is 0 Å². The second-order valence-electron chi connectivity index (χ2n) is 5.55. The van der Waals surface area contributed by atoms with Gasteiger partial charge in [-0.25, -0.2) is 0 Å². The molecule has 3 aromatic rings. The first kappa shape index (κ1) is 17.1. The summed E-state index contributed by atoms with van der Waals surface area (Å²) in [6, 6.07) is 21.9. The highest BCUT2D eigenvalue weighted by Gasteiger charge is 2.11. The third kappa shape index (κ3) is 4.04. The van der Waals surface area contributed by atoms with Crippen LogP contribution in [0.4, 0.5) is 0 Å². The number of benzene rings is 3. The van der Waals surface area contributed by atoms with Gasteiger partial charge in [-0.05, 0) is 29.3 Å². The van der Waals surface area contributed by atoms with Gasteiger partial charge < -0.3 is 9.47 Å². The minimum absolute atomic E-state index is 0.709.